The Morgan fingerprint density at radius 1 is 1.31 bits per heavy atom. The first-order valence-electron chi connectivity index (χ1n) is 4.61. The van der Waals surface area contributed by atoms with Gasteiger partial charge in [-0.2, -0.15) is 0 Å². The second-order valence-electron chi connectivity index (χ2n) is 3.66. The molecular formula is C10H14N2O4. The van der Waals surface area contributed by atoms with E-state index in [1.165, 1.54) is 24.3 Å². The minimum atomic E-state index is -1.97. The van der Waals surface area contributed by atoms with Gasteiger partial charge in [0, 0.05) is 6.42 Å². The first-order chi connectivity index (χ1) is 7.33. The lowest BCUT2D eigenvalue weighted by Gasteiger charge is -2.22. The van der Waals surface area contributed by atoms with E-state index in [1.54, 1.807) is 0 Å². The van der Waals surface area contributed by atoms with Crippen LogP contribution in [0.3, 0.4) is 0 Å². The van der Waals surface area contributed by atoms with Crippen LogP contribution in [0.25, 0.3) is 0 Å². The van der Waals surface area contributed by atoms with Gasteiger partial charge < -0.3 is 26.8 Å². The molecule has 0 aliphatic heterocycles. The molecule has 0 heterocycles. The van der Waals surface area contributed by atoms with Crippen molar-refractivity contribution in [2.75, 3.05) is 0 Å². The van der Waals surface area contributed by atoms with Crippen molar-refractivity contribution in [2.45, 2.75) is 18.2 Å². The highest BCUT2D eigenvalue weighted by Gasteiger charge is 2.32. The van der Waals surface area contributed by atoms with Crippen molar-refractivity contribution in [2.24, 2.45) is 11.5 Å². The van der Waals surface area contributed by atoms with Gasteiger partial charge in [-0.1, -0.05) is 12.1 Å². The number of aliphatic hydroxyl groups is 1. The van der Waals surface area contributed by atoms with E-state index in [0.29, 0.717) is 5.56 Å². The van der Waals surface area contributed by atoms with E-state index in [1.807, 2.05) is 0 Å². The number of rotatable bonds is 4. The predicted molar refractivity (Wildman–Crippen MR) is 56.4 cm³/mol. The fraction of sp³-hybridized carbons (Fsp3) is 0.300. The average molecular weight is 226 g/mol. The molecule has 88 valence electrons. The summed E-state index contributed by atoms with van der Waals surface area (Å²) in [5, 5.41) is 27.4. The molecule has 1 rings (SSSR count). The van der Waals surface area contributed by atoms with Gasteiger partial charge in [0.25, 0.3) is 0 Å². The molecule has 0 saturated carbocycles. The van der Waals surface area contributed by atoms with Crippen LogP contribution in [-0.2, 0) is 4.79 Å². The van der Waals surface area contributed by atoms with Gasteiger partial charge in [-0.15, -0.1) is 0 Å². The molecule has 0 saturated heterocycles. The molecule has 1 aromatic carbocycles. The van der Waals surface area contributed by atoms with Crippen LogP contribution in [-0.4, -0.2) is 27.0 Å². The lowest BCUT2D eigenvalue weighted by Crippen LogP contribution is -2.57. The van der Waals surface area contributed by atoms with Crippen LogP contribution in [0.4, 0.5) is 0 Å². The number of phenols is 1. The first-order valence-corrected chi connectivity index (χ1v) is 4.61. The fourth-order valence-electron chi connectivity index (χ4n) is 1.22. The van der Waals surface area contributed by atoms with Crippen LogP contribution < -0.4 is 11.5 Å². The largest absolute Gasteiger partial charge is 0.508 e. The molecule has 6 heteroatoms. The number of benzene rings is 1. The van der Waals surface area contributed by atoms with Gasteiger partial charge in [-0.3, -0.25) is 0 Å². The lowest BCUT2D eigenvalue weighted by molar-refractivity contribution is -0.144. The molecule has 1 atom stereocenters. The Bertz CT molecular complexity index is 375. The second-order valence-corrected chi connectivity index (χ2v) is 3.66. The molecule has 0 aliphatic rings. The molecule has 0 fully saturated rings. The van der Waals surface area contributed by atoms with Crippen LogP contribution in [0.1, 0.15) is 18.1 Å². The van der Waals surface area contributed by atoms with E-state index in [4.69, 9.17) is 21.7 Å². The second kappa shape index (κ2) is 4.48. The number of aliphatic carboxylic acids is 1. The van der Waals surface area contributed by atoms with Crippen molar-refractivity contribution in [1.82, 2.24) is 0 Å². The van der Waals surface area contributed by atoms with E-state index in [-0.39, 0.29) is 12.2 Å². The van der Waals surface area contributed by atoms with E-state index in [2.05, 4.69) is 0 Å². The van der Waals surface area contributed by atoms with Crippen molar-refractivity contribution in [3.05, 3.63) is 29.8 Å². The monoisotopic (exact) mass is 226 g/mol. The van der Waals surface area contributed by atoms with Crippen LogP contribution in [0.15, 0.2) is 24.3 Å². The quantitative estimate of drug-likeness (QED) is 0.440. The highest BCUT2D eigenvalue weighted by Crippen LogP contribution is 2.22. The summed E-state index contributed by atoms with van der Waals surface area (Å²) in [6, 6.07) is 5.71. The Balaban J connectivity index is 2.76. The van der Waals surface area contributed by atoms with Crippen molar-refractivity contribution >= 4 is 5.97 Å². The Morgan fingerprint density at radius 3 is 2.25 bits per heavy atom. The molecule has 0 aromatic heterocycles. The summed E-state index contributed by atoms with van der Waals surface area (Å²) in [7, 11) is 0. The topological polar surface area (TPSA) is 130 Å². The molecule has 1 unspecified atom stereocenters. The third-order valence-electron chi connectivity index (χ3n) is 2.21. The minimum Gasteiger partial charge on any atom is -0.508 e. The third kappa shape index (κ3) is 2.93. The van der Waals surface area contributed by atoms with Gasteiger partial charge in [-0.05, 0) is 17.7 Å². The molecule has 0 amide bonds. The summed E-state index contributed by atoms with van der Waals surface area (Å²) >= 11 is 0. The van der Waals surface area contributed by atoms with Crippen LogP contribution in [0, 0.1) is 0 Å². The van der Waals surface area contributed by atoms with Gasteiger partial charge in [0.2, 0.25) is 0 Å². The van der Waals surface area contributed by atoms with Gasteiger partial charge in [0.1, 0.15) is 5.75 Å². The Morgan fingerprint density at radius 2 is 1.81 bits per heavy atom. The van der Waals surface area contributed by atoms with Crippen molar-refractivity contribution < 1.29 is 20.1 Å². The number of carboxylic acid groups (broad SMARTS) is 1. The van der Waals surface area contributed by atoms with E-state index in [0.717, 1.165) is 0 Å². The average Bonchev–Trinajstić information content (AvgIpc) is 2.17. The predicted octanol–water partition coefficient (Wildman–Crippen LogP) is -0.486. The number of aromatic hydroxyl groups is 1. The number of phenolic OH excluding ortho intramolecular Hbond substituents is 1. The smallest absolute Gasteiger partial charge is 0.338 e. The summed E-state index contributed by atoms with van der Waals surface area (Å²) in [5.74, 6) is -1.33. The molecular weight excluding hydrogens is 212 g/mol. The zero-order valence-electron chi connectivity index (χ0n) is 8.50. The van der Waals surface area contributed by atoms with Crippen molar-refractivity contribution in [3.63, 3.8) is 0 Å². The van der Waals surface area contributed by atoms with Crippen LogP contribution >= 0.6 is 0 Å². The molecule has 6 nitrogen and oxygen atoms in total. The molecule has 0 spiro atoms. The fourth-order valence-corrected chi connectivity index (χ4v) is 1.22. The SMILES string of the molecule is NC(N)(CC(O)c1ccc(O)cc1)C(=O)O. The number of carboxylic acids is 1. The van der Waals surface area contributed by atoms with Crippen molar-refractivity contribution in [1.29, 1.82) is 0 Å². The molecule has 0 aliphatic carbocycles. The molecule has 0 radical (unpaired) electrons. The first kappa shape index (κ1) is 12.4. The number of aliphatic hydroxyl groups excluding tert-OH is 1. The number of carbonyl (C=O) groups is 1. The van der Waals surface area contributed by atoms with Gasteiger partial charge >= 0.3 is 5.97 Å². The van der Waals surface area contributed by atoms with E-state index >= 15 is 0 Å². The van der Waals surface area contributed by atoms with Gasteiger partial charge in [-0.25, -0.2) is 4.79 Å². The molecule has 7 N–H and O–H groups in total. The highest BCUT2D eigenvalue weighted by atomic mass is 16.4. The summed E-state index contributed by atoms with van der Waals surface area (Å²) in [5.41, 5.74) is 9.06. The maximum absolute atomic E-state index is 10.6. The van der Waals surface area contributed by atoms with Crippen LogP contribution in [0.5, 0.6) is 5.75 Å². The summed E-state index contributed by atoms with van der Waals surface area (Å²) in [6.45, 7) is 0. The summed E-state index contributed by atoms with van der Waals surface area (Å²) < 4.78 is 0. The maximum Gasteiger partial charge on any atom is 0.338 e. The van der Waals surface area contributed by atoms with Gasteiger partial charge in [0.05, 0.1) is 6.10 Å². The third-order valence-corrected chi connectivity index (χ3v) is 2.21. The highest BCUT2D eigenvalue weighted by molar-refractivity contribution is 5.77. The number of hydrogen-bond acceptors (Lipinski definition) is 5. The normalized spacial score (nSPS) is 13.4. The Labute approximate surface area is 92.1 Å². The lowest BCUT2D eigenvalue weighted by atomic mass is 9.98. The summed E-state index contributed by atoms with van der Waals surface area (Å²) in [4.78, 5) is 10.6. The van der Waals surface area contributed by atoms with E-state index < -0.39 is 17.7 Å². The number of nitrogens with two attached hydrogens (primary N) is 2. The standard InChI is InChI=1S/C10H14N2O4/c11-10(12,9(15)16)5-8(14)6-1-3-7(13)4-2-6/h1-4,8,13-14H,5,11-12H2,(H,15,16). The van der Waals surface area contributed by atoms with Crippen molar-refractivity contribution in [3.8, 4) is 5.75 Å². The zero-order chi connectivity index (χ0) is 12.3. The zero-order valence-corrected chi connectivity index (χ0v) is 8.50. The Hall–Kier alpha value is -1.63. The summed E-state index contributed by atoms with van der Waals surface area (Å²) in [6.07, 6.45) is -1.40. The molecule has 0 bridgehead atoms. The minimum absolute atomic E-state index is 0.0564. The Kier molecular flexibility index (Phi) is 3.48. The molecule has 16 heavy (non-hydrogen) atoms. The number of hydrogen-bond donors (Lipinski definition) is 5. The molecule has 1 aromatic rings. The maximum atomic E-state index is 10.6. The van der Waals surface area contributed by atoms with E-state index in [9.17, 15) is 9.90 Å². The van der Waals surface area contributed by atoms with Crippen LogP contribution in [0.2, 0.25) is 0 Å². The van der Waals surface area contributed by atoms with Gasteiger partial charge in [0.15, 0.2) is 5.66 Å².